The lowest BCUT2D eigenvalue weighted by Crippen LogP contribution is -2.13. The van der Waals surface area contributed by atoms with Gasteiger partial charge in [-0.1, -0.05) is 45.8 Å². The Bertz CT molecular complexity index is 133. The molecule has 1 aliphatic rings. The molecular formula is C12H24. The van der Waals surface area contributed by atoms with Gasteiger partial charge in [-0.2, -0.15) is 0 Å². The molecule has 0 aromatic rings. The number of rotatable bonds is 1. The van der Waals surface area contributed by atoms with Gasteiger partial charge in [0.15, 0.2) is 0 Å². The lowest BCUT2D eigenvalue weighted by Gasteiger charge is -2.25. The Labute approximate surface area is 78.1 Å². The van der Waals surface area contributed by atoms with Crippen LogP contribution in [0.2, 0.25) is 0 Å². The van der Waals surface area contributed by atoms with Crippen LogP contribution in [0.4, 0.5) is 0 Å². The lowest BCUT2D eigenvalue weighted by atomic mass is 9.81. The predicted octanol–water partition coefficient (Wildman–Crippen LogP) is 4.42. The molecule has 2 unspecified atom stereocenters. The first-order chi connectivity index (χ1) is 5.74. The van der Waals surface area contributed by atoms with Gasteiger partial charge in [-0.05, 0) is 31.6 Å². The van der Waals surface area contributed by atoms with Crippen molar-refractivity contribution in [3.63, 3.8) is 0 Å². The van der Waals surface area contributed by atoms with Crippen LogP contribution >= 0.6 is 0 Å². The molecule has 0 fully saturated rings. The van der Waals surface area contributed by atoms with Crippen molar-refractivity contribution in [1.29, 1.82) is 0 Å². The summed E-state index contributed by atoms with van der Waals surface area (Å²) in [5.74, 6) is 1.79. The number of allylic oxidation sites excluding steroid dienone is 2. The Morgan fingerprint density at radius 3 is 2.42 bits per heavy atom. The fraction of sp³-hybridized carbons (Fsp3) is 0.833. The third-order valence-electron chi connectivity index (χ3n) is 2.72. The molecule has 0 heteroatoms. The first-order valence-electron chi connectivity index (χ1n) is 5.41. The SMILES string of the molecule is CC.CCC1CCC(C)=CC1C. The van der Waals surface area contributed by atoms with Gasteiger partial charge in [0, 0.05) is 0 Å². The largest absolute Gasteiger partial charge is 0.0825 e. The molecule has 0 radical (unpaired) electrons. The van der Waals surface area contributed by atoms with Crippen molar-refractivity contribution < 1.29 is 0 Å². The van der Waals surface area contributed by atoms with Crippen molar-refractivity contribution >= 4 is 0 Å². The highest BCUT2D eigenvalue weighted by Gasteiger charge is 2.17. The third-order valence-corrected chi connectivity index (χ3v) is 2.72. The number of hydrogen-bond acceptors (Lipinski definition) is 0. The second-order valence-corrected chi connectivity index (χ2v) is 3.58. The van der Waals surface area contributed by atoms with Crippen molar-refractivity contribution in [2.45, 2.75) is 53.9 Å². The zero-order valence-electron chi connectivity index (χ0n) is 9.35. The maximum absolute atomic E-state index is 2.44. The van der Waals surface area contributed by atoms with Gasteiger partial charge in [-0.25, -0.2) is 0 Å². The van der Waals surface area contributed by atoms with E-state index >= 15 is 0 Å². The van der Waals surface area contributed by atoms with Crippen LogP contribution in [0.15, 0.2) is 11.6 Å². The molecule has 72 valence electrons. The summed E-state index contributed by atoms with van der Waals surface area (Å²) in [6.07, 6.45) is 6.55. The van der Waals surface area contributed by atoms with Gasteiger partial charge in [0.25, 0.3) is 0 Å². The highest BCUT2D eigenvalue weighted by atomic mass is 14.2. The molecule has 0 nitrogen and oxygen atoms in total. The van der Waals surface area contributed by atoms with Gasteiger partial charge >= 0.3 is 0 Å². The van der Waals surface area contributed by atoms with E-state index in [0.29, 0.717) is 0 Å². The Balaban J connectivity index is 0.000000561. The fourth-order valence-electron chi connectivity index (χ4n) is 1.92. The van der Waals surface area contributed by atoms with Crippen LogP contribution in [0.25, 0.3) is 0 Å². The molecule has 0 spiro atoms. The summed E-state index contributed by atoms with van der Waals surface area (Å²) in [7, 11) is 0. The molecule has 1 rings (SSSR count). The topological polar surface area (TPSA) is 0 Å². The monoisotopic (exact) mass is 168 g/mol. The van der Waals surface area contributed by atoms with Gasteiger partial charge in [-0.15, -0.1) is 0 Å². The average molecular weight is 168 g/mol. The van der Waals surface area contributed by atoms with Crippen molar-refractivity contribution in [1.82, 2.24) is 0 Å². The van der Waals surface area contributed by atoms with Gasteiger partial charge in [0.05, 0.1) is 0 Å². The molecule has 0 amide bonds. The molecule has 0 aromatic heterocycles. The smallest absolute Gasteiger partial charge is 0.0231 e. The van der Waals surface area contributed by atoms with Gasteiger partial charge in [0.1, 0.15) is 0 Å². The first-order valence-corrected chi connectivity index (χ1v) is 5.41. The molecular weight excluding hydrogens is 144 g/mol. The Kier molecular flexibility index (Phi) is 6.14. The average Bonchev–Trinajstić information content (AvgIpc) is 2.08. The molecule has 0 saturated heterocycles. The Hall–Kier alpha value is -0.260. The van der Waals surface area contributed by atoms with E-state index < -0.39 is 0 Å². The molecule has 0 N–H and O–H groups in total. The van der Waals surface area contributed by atoms with E-state index in [9.17, 15) is 0 Å². The summed E-state index contributed by atoms with van der Waals surface area (Å²) in [6.45, 7) is 10.9. The minimum atomic E-state index is 0.832. The van der Waals surface area contributed by atoms with Crippen LogP contribution in [0, 0.1) is 11.8 Å². The summed E-state index contributed by atoms with van der Waals surface area (Å²) in [6, 6.07) is 0. The minimum absolute atomic E-state index is 0.832. The fourth-order valence-corrected chi connectivity index (χ4v) is 1.92. The second-order valence-electron chi connectivity index (χ2n) is 3.58. The van der Waals surface area contributed by atoms with E-state index in [1.807, 2.05) is 13.8 Å². The van der Waals surface area contributed by atoms with Crippen molar-refractivity contribution in [3.8, 4) is 0 Å². The van der Waals surface area contributed by atoms with E-state index in [0.717, 1.165) is 11.8 Å². The molecule has 12 heavy (non-hydrogen) atoms. The third kappa shape index (κ3) is 3.42. The van der Waals surface area contributed by atoms with Crippen molar-refractivity contribution in [2.75, 3.05) is 0 Å². The van der Waals surface area contributed by atoms with Gasteiger partial charge in [0.2, 0.25) is 0 Å². The Morgan fingerprint density at radius 2 is 2.00 bits per heavy atom. The summed E-state index contributed by atoms with van der Waals surface area (Å²) in [5, 5.41) is 0. The molecule has 2 atom stereocenters. The summed E-state index contributed by atoms with van der Waals surface area (Å²) in [5.41, 5.74) is 1.59. The van der Waals surface area contributed by atoms with Crippen LogP contribution in [-0.2, 0) is 0 Å². The van der Waals surface area contributed by atoms with E-state index in [1.165, 1.54) is 19.3 Å². The summed E-state index contributed by atoms with van der Waals surface area (Å²) >= 11 is 0. The van der Waals surface area contributed by atoms with E-state index in [1.54, 1.807) is 5.57 Å². The van der Waals surface area contributed by atoms with Crippen LogP contribution < -0.4 is 0 Å². The van der Waals surface area contributed by atoms with Gasteiger partial charge in [-0.3, -0.25) is 0 Å². The predicted molar refractivity (Wildman–Crippen MR) is 57.3 cm³/mol. The summed E-state index contributed by atoms with van der Waals surface area (Å²) < 4.78 is 0. The zero-order valence-corrected chi connectivity index (χ0v) is 9.35. The van der Waals surface area contributed by atoms with E-state index in [-0.39, 0.29) is 0 Å². The zero-order chi connectivity index (χ0) is 9.56. The molecule has 0 aromatic carbocycles. The highest BCUT2D eigenvalue weighted by Crippen LogP contribution is 2.30. The maximum Gasteiger partial charge on any atom is -0.0231 e. The first kappa shape index (κ1) is 11.7. The standard InChI is InChI=1S/C10H18.C2H6/c1-4-10-6-5-8(2)7-9(10)3;1-2/h7,9-10H,4-6H2,1-3H3;1-2H3. The summed E-state index contributed by atoms with van der Waals surface area (Å²) in [4.78, 5) is 0. The normalized spacial score (nSPS) is 28.6. The molecule has 0 heterocycles. The lowest BCUT2D eigenvalue weighted by molar-refractivity contribution is 0.360. The quantitative estimate of drug-likeness (QED) is 0.509. The molecule has 0 saturated carbocycles. The Morgan fingerprint density at radius 1 is 1.42 bits per heavy atom. The van der Waals surface area contributed by atoms with Crippen LogP contribution in [0.5, 0.6) is 0 Å². The van der Waals surface area contributed by atoms with Crippen LogP contribution in [-0.4, -0.2) is 0 Å². The minimum Gasteiger partial charge on any atom is -0.0825 e. The molecule has 0 bridgehead atoms. The van der Waals surface area contributed by atoms with Crippen molar-refractivity contribution in [2.24, 2.45) is 11.8 Å². The van der Waals surface area contributed by atoms with Crippen LogP contribution in [0.3, 0.4) is 0 Å². The maximum atomic E-state index is 2.44. The van der Waals surface area contributed by atoms with Crippen molar-refractivity contribution in [3.05, 3.63) is 11.6 Å². The molecule has 0 aliphatic heterocycles. The van der Waals surface area contributed by atoms with E-state index in [4.69, 9.17) is 0 Å². The second kappa shape index (κ2) is 6.28. The molecule has 1 aliphatic carbocycles. The highest BCUT2D eigenvalue weighted by molar-refractivity contribution is 5.05. The van der Waals surface area contributed by atoms with Gasteiger partial charge < -0.3 is 0 Å². The number of hydrogen-bond donors (Lipinski definition) is 0. The van der Waals surface area contributed by atoms with Crippen LogP contribution in [0.1, 0.15) is 53.9 Å². The van der Waals surface area contributed by atoms with E-state index in [2.05, 4.69) is 26.8 Å².